The summed E-state index contributed by atoms with van der Waals surface area (Å²) < 4.78 is 0. The van der Waals surface area contributed by atoms with Crippen molar-refractivity contribution in [3.63, 3.8) is 0 Å². The minimum Gasteiger partial charge on any atom is -0.505 e. The van der Waals surface area contributed by atoms with Crippen molar-refractivity contribution in [1.82, 2.24) is 15.0 Å². The van der Waals surface area contributed by atoms with E-state index in [1.165, 1.54) is 4.80 Å². The van der Waals surface area contributed by atoms with E-state index in [4.69, 9.17) is 5.11 Å². The molecule has 0 radical (unpaired) electrons. The fraction of sp³-hybridized carbons (Fsp3) is 0.350. The van der Waals surface area contributed by atoms with Crippen LogP contribution in [0, 0.1) is 5.92 Å². The maximum absolute atomic E-state index is 10.5. The second-order valence-corrected chi connectivity index (χ2v) is 7.39. The lowest BCUT2D eigenvalue weighted by Gasteiger charge is -2.21. The number of aromatic nitrogens is 3. The number of phenols is 1. The summed E-state index contributed by atoms with van der Waals surface area (Å²) in [5.74, 6) is -0.736. The first-order valence-corrected chi connectivity index (χ1v) is 8.49. The van der Waals surface area contributed by atoms with E-state index in [9.17, 15) is 9.90 Å². The van der Waals surface area contributed by atoms with Gasteiger partial charge < -0.3 is 10.2 Å². The Bertz CT molecular complexity index is 875. The minimum absolute atomic E-state index is 0.132. The van der Waals surface area contributed by atoms with E-state index in [-0.39, 0.29) is 17.1 Å². The van der Waals surface area contributed by atoms with Crippen molar-refractivity contribution in [2.24, 2.45) is 5.92 Å². The van der Waals surface area contributed by atoms with Crippen LogP contribution in [-0.2, 0) is 10.2 Å². The maximum Gasteiger partial charge on any atom is 0.305 e. The van der Waals surface area contributed by atoms with Gasteiger partial charge in [-0.25, -0.2) is 0 Å². The number of carboxylic acids is 1. The van der Waals surface area contributed by atoms with Crippen molar-refractivity contribution >= 4 is 17.0 Å². The molecule has 26 heavy (non-hydrogen) atoms. The third kappa shape index (κ3) is 4.39. The van der Waals surface area contributed by atoms with Gasteiger partial charge in [-0.2, -0.15) is 0 Å². The molecule has 6 nitrogen and oxygen atoms in total. The Morgan fingerprint density at radius 1 is 1.00 bits per heavy atom. The lowest BCUT2D eigenvalue weighted by atomic mass is 9.86. The van der Waals surface area contributed by atoms with E-state index >= 15 is 0 Å². The lowest BCUT2D eigenvalue weighted by molar-refractivity contribution is -0.140. The van der Waals surface area contributed by atoms with Gasteiger partial charge >= 0.3 is 5.97 Å². The smallest absolute Gasteiger partial charge is 0.305 e. The molecule has 1 aromatic heterocycles. The Balaban J connectivity index is 0.000000352. The molecule has 3 aromatic rings. The van der Waals surface area contributed by atoms with Crippen LogP contribution in [0.5, 0.6) is 5.75 Å². The molecule has 0 saturated heterocycles. The molecule has 0 amide bonds. The summed E-state index contributed by atoms with van der Waals surface area (Å²) in [5, 5.41) is 27.3. The van der Waals surface area contributed by atoms with Gasteiger partial charge in [0, 0.05) is 5.56 Å². The fourth-order valence-electron chi connectivity index (χ4n) is 2.27. The Labute approximate surface area is 153 Å². The number of rotatable bonds is 2. The van der Waals surface area contributed by atoms with Gasteiger partial charge in [-0.05, 0) is 23.6 Å². The summed E-state index contributed by atoms with van der Waals surface area (Å²) in [4.78, 5) is 11.2. The summed E-state index contributed by atoms with van der Waals surface area (Å²) in [6.45, 7) is 9.49. The third-order valence-corrected chi connectivity index (χ3v) is 3.82. The molecule has 2 N–H and O–H groups in total. The number of carboxylic acid groups (broad SMARTS) is 1. The Hall–Kier alpha value is -2.89. The molecule has 0 aliphatic heterocycles. The molecule has 0 fully saturated rings. The molecular weight excluding hydrogens is 330 g/mol. The highest BCUT2D eigenvalue weighted by Gasteiger charge is 2.21. The molecule has 138 valence electrons. The summed E-state index contributed by atoms with van der Waals surface area (Å²) in [6.07, 6.45) is 0. The van der Waals surface area contributed by atoms with E-state index in [2.05, 4.69) is 31.0 Å². The number of hydrogen-bond acceptors (Lipinski definition) is 4. The maximum atomic E-state index is 10.5. The van der Waals surface area contributed by atoms with Crippen molar-refractivity contribution in [2.75, 3.05) is 0 Å². The lowest BCUT2D eigenvalue weighted by Crippen LogP contribution is -2.12. The van der Waals surface area contributed by atoms with Crippen LogP contribution < -0.4 is 0 Å². The number of aliphatic carboxylic acids is 1. The van der Waals surface area contributed by atoms with Crippen LogP contribution in [0.3, 0.4) is 0 Å². The molecule has 0 aliphatic rings. The number of fused-ring (bicyclic) bond motifs is 1. The molecule has 6 heteroatoms. The van der Waals surface area contributed by atoms with Crippen molar-refractivity contribution in [2.45, 2.75) is 40.0 Å². The van der Waals surface area contributed by atoms with Crippen molar-refractivity contribution in [3.05, 3.63) is 48.0 Å². The van der Waals surface area contributed by atoms with Crippen LogP contribution in [0.1, 0.15) is 40.2 Å². The molecule has 0 spiro atoms. The molecular formula is C20H25N3O3. The molecule has 0 saturated carbocycles. The van der Waals surface area contributed by atoms with Gasteiger partial charge in [-0.15, -0.1) is 15.0 Å². The van der Waals surface area contributed by atoms with Gasteiger partial charge in [0.05, 0.1) is 5.92 Å². The Morgan fingerprint density at radius 3 is 1.92 bits per heavy atom. The Morgan fingerprint density at radius 2 is 1.50 bits per heavy atom. The van der Waals surface area contributed by atoms with Gasteiger partial charge in [0.15, 0.2) is 0 Å². The number of phenolic OH excluding ortho intramolecular Hbond substituents is 1. The molecule has 2 aromatic carbocycles. The van der Waals surface area contributed by atoms with Crippen LogP contribution in [0.15, 0.2) is 42.5 Å². The van der Waals surface area contributed by atoms with Crippen molar-refractivity contribution in [3.8, 4) is 11.4 Å². The molecule has 1 heterocycles. The first kappa shape index (κ1) is 19.4. The molecule has 0 atom stereocenters. The number of nitrogens with zero attached hydrogens (tertiary/aromatic N) is 3. The summed E-state index contributed by atoms with van der Waals surface area (Å²) >= 11 is 0. The van der Waals surface area contributed by atoms with Gasteiger partial charge in [0.25, 0.3) is 0 Å². The van der Waals surface area contributed by atoms with E-state index in [0.717, 1.165) is 16.6 Å². The van der Waals surface area contributed by atoms with Gasteiger partial charge in [0.1, 0.15) is 22.5 Å². The van der Waals surface area contributed by atoms with E-state index in [1.54, 1.807) is 13.8 Å². The topological polar surface area (TPSA) is 88.2 Å². The third-order valence-electron chi connectivity index (χ3n) is 3.82. The van der Waals surface area contributed by atoms with Crippen LogP contribution in [-0.4, -0.2) is 31.2 Å². The normalized spacial score (nSPS) is 11.3. The highest BCUT2D eigenvalue weighted by atomic mass is 16.4. The highest BCUT2D eigenvalue weighted by molar-refractivity contribution is 5.73. The summed E-state index contributed by atoms with van der Waals surface area (Å²) in [7, 11) is 0. The number of hydrogen-bond donors (Lipinski definition) is 2. The van der Waals surface area contributed by atoms with Crippen LogP contribution in [0.2, 0.25) is 0 Å². The van der Waals surface area contributed by atoms with Gasteiger partial charge in [-0.1, -0.05) is 58.9 Å². The van der Waals surface area contributed by atoms with Crippen LogP contribution in [0.4, 0.5) is 0 Å². The van der Waals surface area contributed by atoms with Gasteiger partial charge in [-0.3, -0.25) is 4.79 Å². The quantitative estimate of drug-likeness (QED) is 0.721. The van der Waals surface area contributed by atoms with Gasteiger partial charge in [0.2, 0.25) is 0 Å². The van der Waals surface area contributed by atoms with E-state index in [1.807, 2.05) is 42.5 Å². The number of carbonyl (C=O) groups is 1. The van der Waals surface area contributed by atoms with E-state index < -0.39 is 5.97 Å². The highest BCUT2D eigenvalue weighted by Crippen LogP contribution is 2.34. The first-order valence-electron chi connectivity index (χ1n) is 8.49. The number of benzene rings is 2. The molecule has 3 rings (SSSR count). The standard InChI is InChI=1S/C16H17N3O.C4H8O2/c1-16(2,3)11-7-6-10-14(15(11)20)19-17-12-8-4-5-9-13(12)18-19;1-3(2)4(5)6/h4-10,20H,1-3H3;3H,1-2H3,(H,5,6). The van der Waals surface area contributed by atoms with Crippen molar-refractivity contribution < 1.29 is 15.0 Å². The molecule has 0 aliphatic carbocycles. The predicted molar refractivity (Wildman–Crippen MR) is 102 cm³/mol. The number of aromatic hydroxyl groups is 1. The minimum atomic E-state index is -0.741. The number of para-hydroxylation sites is 1. The van der Waals surface area contributed by atoms with Crippen LogP contribution in [0.25, 0.3) is 16.7 Å². The predicted octanol–water partition coefficient (Wildman–Crippen LogP) is 4.15. The first-order chi connectivity index (χ1) is 12.1. The molecule has 0 unspecified atom stereocenters. The monoisotopic (exact) mass is 355 g/mol. The Kier molecular flexibility index (Phi) is 5.65. The SMILES string of the molecule is CC(C)(C)c1cccc(-n2nc3ccccc3n2)c1O.CC(C)C(=O)O. The zero-order chi connectivity index (χ0) is 19.5. The average molecular weight is 355 g/mol. The molecule has 0 bridgehead atoms. The average Bonchev–Trinajstić information content (AvgIpc) is 2.98. The largest absolute Gasteiger partial charge is 0.505 e. The second kappa shape index (κ2) is 7.56. The van der Waals surface area contributed by atoms with E-state index in [0.29, 0.717) is 5.69 Å². The fourth-order valence-corrected chi connectivity index (χ4v) is 2.27. The van der Waals surface area contributed by atoms with Crippen LogP contribution >= 0.6 is 0 Å². The summed E-state index contributed by atoms with van der Waals surface area (Å²) in [5.41, 5.74) is 2.98. The van der Waals surface area contributed by atoms with Crippen molar-refractivity contribution in [1.29, 1.82) is 0 Å². The summed E-state index contributed by atoms with van der Waals surface area (Å²) in [6, 6.07) is 13.3. The zero-order valence-corrected chi connectivity index (χ0v) is 15.8. The zero-order valence-electron chi connectivity index (χ0n) is 15.8. The second-order valence-electron chi connectivity index (χ2n) is 7.39.